The van der Waals surface area contributed by atoms with Gasteiger partial charge in [-0.1, -0.05) is 36.6 Å². The van der Waals surface area contributed by atoms with E-state index in [2.05, 4.69) is 6.07 Å². The molecule has 0 amide bonds. The van der Waals surface area contributed by atoms with Crippen LogP contribution >= 0.6 is 0 Å². The fourth-order valence-electron chi connectivity index (χ4n) is 7.25. The molecule has 1 aliphatic heterocycles. The molecule has 1 heterocycles. The lowest BCUT2D eigenvalue weighted by atomic mass is 9.60. The van der Waals surface area contributed by atoms with E-state index in [9.17, 15) is 8.42 Å². The summed E-state index contributed by atoms with van der Waals surface area (Å²) >= 11 is 0. The van der Waals surface area contributed by atoms with Gasteiger partial charge in [-0.3, -0.25) is 0 Å². The number of aryl methyl sites for hydroxylation is 1. The average molecular weight is 535 g/mol. The molecular formula is C31H34O6S. The van der Waals surface area contributed by atoms with Crippen LogP contribution in [0.4, 0.5) is 0 Å². The van der Waals surface area contributed by atoms with Gasteiger partial charge < -0.3 is 18.4 Å². The van der Waals surface area contributed by atoms with Crippen molar-refractivity contribution >= 4 is 10.1 Å². The van der Waals surface area contributed by atoms with Gasteiger partial charge in [-0.2, -0.15) is 8.42 Å². The van der Waals surface area contributed by atoms with E-state index in [0.29, 0.717) is 5.75 Å². The third-order valence-electron chi connectivity index (χ3n) is 8.94. The van der Waals surface area contributed by atoms with Crippen LogP contribution < -0.4 is 18.4 Å². The fraction of sp³-hybridized carbons (Fsp3) is 0.419. The molecule has 0 bridgehead atoms. The van der Waals surface area contributed by atoms with Crippen molar-refractivity contribution in [3.05, 3.63) is 77.4 Å². The standard InChI is InChI=1S/C31H34O6S/c1-21-8-12-24(13-9-21)38(32,33)37-28-20-23(35-3)11-15-26(28)31-18-6-7-29(31)30(16-4-5-17-30)25-14-10-22(34-2)19-27(25)36-31/h8-15,19-20,29H,4-7,16-18H2,1-3H3/t29-,31-/m0/s1. The highest BCUT2D eigenvalue weighted by Crippen LogP contribution is 2.66. The molecule has 3 aliphatic rings. The summed E-state index contributed by atoms with van der Waals surface area (Å²) in [7, 11) is -0.849. The van der Waals surface area contributed by atoms with Crippen molar-refractivity contribution in [2.45, 2.75) is 67.8 Å². The number of fused-ring (bicyclic) bond motifs is 4. The van der Waals surface area contributed by atoms with Crippen LogP contribution in [0.1, 0.15) is 61.6 Å². The molecule has 0 aromatic heterocycles. The monoisotopic (exact) mass is 534 g/mol. The molecule has 3 aromatic carbocycles. The molecule has 38 heavy (non-hydrogen) atoms. The highest BCUT2D eigenvalue weighted by molar-refractivity contribution is 7.87. The molecule has 0 unspecified atom stereocenters. The van der Waals surface area contributed by atoms with Crippen molar-refractivity contribution < 1.29 is 26.8 Å². The van der Waals surface area contributed by atoms with Gasteiger partial charge in [0.1, 0.15) is 27.7 Å². The van der Waals surface area contributed by atoms with Gasteiger partial charge in [-0.05, 0) is 69.4 Å². The Morgan fingerprint density at radius 3 is 2.16 bits per heavy atom. The van der Waals surface area contributed by atoms with Gasteiger partial charge in [0, 0.05) is 34.6 Å². The number of hydrogen-bond donors (Lipinski definition) is 0. The third-order valence-corrected chi connectivity index (χ3v) is 10.2. The van der Waals surface area contributed by atoms with Gasteiger partial charge in [0.25, 0.3) is 0 Å². The van der Waals surface area contributed by atoms with Crippen LogP contribution in [-0.2, 0) is 21.1 Å². The van der Waals surface area contributed by atoms with Gasteiger partial charge >= 0.3 is 10.1 Å². The number of hydrogen-bond acceptors (Lipinski definition) is 6. The van der Waals surface area contributed by atoms with Crippen molar-refractivity contribution in [3.8, 4) is 23.0 Å². The lowest BCUT2D eigenvalue weighted by Gasteiger charge is -2.51. The second kappa shape index (κ2) is 9.23. The highest BCUT2D eigenvalue weighted by atomic mass is 32.2. The minimum atomic E-state index is -4.08. The fourth-order valence-corrected chi connectivity index (χ4v) is 8.19. The predicted molar refractivity (Wildman–Crippen MR) is 145 cm³/mol. The average Bonchev–Trinajstić information content (AvgIpc) is 3.57. The van der Waals surface area contributed by atoms with Gasteiger partial charge in [-0.15, -0.1) is 0 Å². The summed E-state index contributed by atoms with van der Waals surface area (Å²) < 4.78 is 50.9. The Balaban J connectivity index is 1.52. The van der Waals surface area contributed by atoms with Gasteiger partial charge in [0.05, 0.1) is 14.2 Å². The summed E-state index contributed by atoms with van der Waals surface area (Å²) in [5.41, 5.74) is 2.25. The maximum atomic E-state index is 13.4. The first-order valence-electron chi connectivity index (χ1n) is 13.4. The third kappa shape index (κ3) is 3.85. The Bertz CT molecular complexity index is 1460. The molecule has 1 spiro atoms. The van der Waals surface area contributed by atoms with Crippen LogP contribution in [0.3, 0.4) is 0 Å². The van der Waals surface area contributed by atoms with Crippen molar-refractivity contribution in [2.24, 2.45) is 5.92 Å². The lowest BCUT2D eigenvalue weighted by Crippen LogP contribution is -2.51. The molecule has 200 valence electrons. The van der Waals surface area contributed by atoms with E-state index >= 15 is 0 Å². The van der Waals surface area contributed by atoms with E-state index in [1.54, 1.807) is 44.6 Å². The molecule has 0 N–H and O–H groups in total. The normalized spacial score (nSPS) is 23.4. The molecule has 6 nitrogen and oxygen atoms in total. The number of benzene rings is 3. The van der Waals surface area contributed by atoms with Crippen LogP contribution in [-0.4, -0.2) is 22.6 Å². The zero-order valence-electron chi connectivity index (χ0n) is 22.2. The largest absolute Gasteiger partial charge is 0.497 e. The van der Waals surface area contributed by atoms with E-state index < -0.39 is 15.7 Å². The highest BCUT2D eigenvalue weighted by Gasteiger charge is 2.62. The molecule has 2 atom stereocenters. The minimum absolute atomic E-state index is 0.0244. The molecule has 2 fully saturated rings. The first-order valence-corrected chi connectivity index (χ1v) is 14.8. The summed E-state index contributed by atoms with van der Waals surface area (Å²) in [6.45, 7) is 1.92. The topological polar surface area (TPSA) is 71.1 Å². The van der Waals surface area contributed by atoms with Crippen LogP contribution in [0.15, 0.2) is 65.6 Å². The van der Waals surface area contributed by atoms with Gasteiger partial charge in [0.15, 0.2) is 5.75 Å². The van der Waals surface area contributed by atoms with Crippen LogP contribution in [0.2, 0.25) is 0 Å². The van der Waals surface area contributed by atoms with Crippen molar-refractivity contribution in [2.75, 3.05) is 14.2 Å². The zero-order chi connectivity index (χ0) is 26.5. The lowest BCUT2D eigenvalue weighted by molar-refractivity contribution is -0.0360. The Morgan fingerprint density at radius 2 is 1.47 bits per heavy atom. The smallest absolute Gasteiger partial charge is 0.339 e. The van der Waals surface area contributed by atoms with Crippen LogP contribution in [0, 0.1) is 12.8 Å². The molecular weight excluding hydrogens is 500 g/mol. The second-order valence-corrected chi connectivity index (χ2v) is 12.4. The Labute approximate surface area is 225 Å². The van der Waals surface area contributed by atoms with Crippen LogP contribution in [0.25, 0.3) is 0 Å². The minimum Gasteiger partial charge on any atom is -0.497 e. The summed E-state index contributed by atoms with van der Waals surface area (Å²) in [5, 5.41) is 0. The first-order chi connectivity index (χ1) is 18.3. The second-order valence-electron chi connectivity index (χ2n) is 10.9. The number of ether oxygens (including phenoxy) is 3. The van der Waals surface area contributed by atoms with E-state index in [1.165, 1.54) is 18.4 Å². The summed E-state index contributed by atoms with van der Waals surface area (Å²) in [4.78, 5) is 0.115. The molecule has 0 saturated heterocycles. The van der Waals surface area contributed by atoms with E-state index in [0.717, 1.165) is 54.7 Å². The molecule has 2 saturated carbocycles. The van der Waals surface area contributed by atoms with E-state index in [4.69, 9.17) is 18.4 Å². The zero-order valence-corrected chi connectivity index (χ0v) is 23.0. The van der Waals surface area contributed by atoms with Crippen LogP contribution in [0.5, 0.6) is 23.0 Å². The maximum Gasteiger partial charge on any atom is 0.339 e. The SMILES string of the molecule is COc1ccc2c(c1)O[C@]1(c3ccc(OC)cc3OS(=O)(=O)c3ccc(C)cc3)CCC[C@H]1C21CCCC1. The molecule has 0 radical (unpaired) electrons. The van der Waals surface area contributed by atoms with Gasteiger partial charge in [-0.25, -0.2) is 0 Å². The molecule has 7 heteroatoms. The number of rotatable bonds is 6. The summed E-state index contributed by atoms with van der Waals surface area (Å²) in [5.74, 6) is 2.57. The van der Waals surface area contributed by atoms with Crippen molar-refractivity contribution in [3.63, 3.8) is 0 Å². The predicted octanol–water partition coefficient (Wildman–Crippen LogP) is 6.68. The molecule has 2 aliphatic carbocycles. The Hall–Kier alpha value is -3.19. The van der Waals surface area contributed by atoms with Crippen molar-refractivity contribution in [1.82, 2.24) is 0 Å². The van der Waals surface area contributed by atoms with Crippen molar-refractivity contribution in [1.29, 1.82) is 0 Å². The maximum absolute atomic E-state index is 13.4. The summed E-state index contributed by atoms with van der Waals surface area (Å²) in [6, 6.07) is 18.4. The Morgan fingerprint density at radius 1 is 0.816 bits per heavy atom. The Kier molecular flexibility index (Phi) is 6.10. The first kappa shape index (κ1) is 25.1. The molecule has 3 aromatic rings. The molecule has 6 rings (SSSR count). The van der Waals surface area contributed by atoms with E-state index in [1.807, 2.05) is 31.2 Å². The number of methoxy groups -OCH3 is 2. The summed E-state index contributed by atoms with van der Waals surface area (Å²) in [6.07, 6.45) is 7.32. The van der Waals surface area contributed by atoms with Gasteiger partial charge in [0.2, 0.25) is 0 Å². The van der Waals surface area contributed by atoms with E-state index in [-0.39, 0.29) is 22.0 Å². The quantitative estimate of drug-likeness (QED) is 0.329.